The first-order valence-corrected chi connectivity index (χ1v) is 6.91. The van der Waals surface area contributed by atoms with E-state index in [0.29, 0.717) is 11.7 Å². The van der Waals surface area contributed by atoms with E-state index in [0.717, 1.165) is 12.8 Å². The molecule has 0 bridgehead atoms. The summed E-state index contributed by atoms with van der Waals surface area (Å²) >= 11 is 0. The number of carbonyl (C=O) groups is 1. The Hall–Kier alpha value is -1.83. The van der Waals surface area contributed by atoms with Crippen LogP contribution in [0.1, 0.15) is 33.6 Å². The van der Waals surface area contributed by atoms with Crippen LogP contribution >= 0.6 is 0 Å². The van der Waals surface area contributed by atoms with E-state index < -0.39 is 5.97 Å². The van der Waals surface area contributed by atoms with Gasteiger partial charge in [-0.3, -0.25) is 0 Å². The molecule has 0 amide bonds. The molecule has 0 aromatic heterocycles. The Bertz CT molecular complexity index is 476. The van der Waals surface area contributed by atoms with Gasteiger partial charge < -0.3 is 4.74 Å². The smallest absolute Gasteiger partial charge is 0.336 e. The van der Waals surface area contributed by atoms with Crippen LogP contribution in [-0.2, 0) is 9.53 Å². The SMILES string of the molecule is C=C/C=C/C(=O)OC(=C)/C=C/C1C(C)=CCCC1(C)C. The van der Waals surface area contributed by atoms with Gasteiger partial charge in [0.15, 0.2) is 0 Å². The molecule has 0 saturated heterocycles. The molecule has 1 unspecified atom stereocenters. The van der Waals surface area contributed by atoms with Crippen molar-refractivity contribution in [2.24, 2.45) is 11.3 Å². The number of esters is 1. The number of hydrogen-bond acceptors (Lipinski definition) is 2. The van der Waals surface area contributed by atoms with Crippen molar-refractivity contribution < 1.29 is 9.53 Å². The highest BCUT2D eigenvalue weighted by Crippen LogP contribution is 2.41. The average Bonchev–Trinajstić information content (AvgIpc) is 2.34. The summed E-state index contributed by atoms with van der Waals surface area (Å²) in [4.78, 5) is 11.4. The van der Waals surface area contributed by atoms with Crippen molar-refractivity contribution >= 4 is 5.97 Å². The lowest BCUT2D eigenvalue weighted by Gasteiger charge is -2.36. The zero-order valence-corrected chi connectivity index (χ0v) is 12.7. The summed E-state index contributed by atoms with van der Waals surface area (Å²) in [6, 6.07) is 0. The summed E-state index contributed by atoms with van der Waals surface area (Å²) in [5, 5.41) is 0. The Morgan fingerprint density at radius 2 is 2.15 bits per heavy atom. The molecule has 0 fully saturated rings. The molecule has 0 saturated carbocycles. The van der Waals surface area contributed by atoms with Gasteiger partial charge in [-0.1, -0.05) is 56.9 Å². The van der Waals surface area contributed by atoms with Crippen molar-refractivity contribution in [3.05, 3.63) is 60.9 Å². The van der Waals surface area contributed by atoms with Crippen molar-refractivity contribution in [1.82, 2.24) is 0 Å². The van der Waals surface area contributed by atoms with Crippen LogP contribution in [0.5, 0.6) is 0 Å². The number of hydrogen-bond donors (Lipinski definition) is 0. The maximum Gasteiger partial charge on any atom is 0.336 e. The molecule has 1 atom stereocenters. The number of rotatable bonds is 5. The summed E-state index contributed by atoms with van der Waals surface area (Å²) in [6.07, 6.45) is 12.8. The van der Waals surface area contributed by atoms with Gasteiger partial charge in [-0.05, 0) is 31.3 Å². The van der Waals surface area contributed by atoms with Crippen molar-refractivity contribution in [2.45, 2.75) is 33.6 Å². The van der Waals surface area contributed by atoms with E-state index in [1.165, 1.54) is 23.8 Å². The van der Waals surface area contributed by atoms with Crippen LogP contribution in [0, 0.1) is 11.3 Å². The van der Waals surface area contributed by atoms with E-state index in [9.17, 15) is 4.79 Å². The molecule has 108 valence electrons. The predicted octanol–water partition coefficient (Wildman–Crippen LogP) is 4.72. The van der Waals surface area contributed by atoms with E-state index in [1.807, 2.05) is 0 Å². The van der Waals surface area contributed by atoms with Gasteiger partial charge in [0.25, 0.3) is 0 Å². The number of allylic oxidation sites excluding steroid dienone is 6. The van der Waals surface area contributed by atoms with E-state index in [1.54, 1.807) is 6.08 Å². The molecule has 1 aliphatic carbocycles. The Balaban J connectivity index is 2.67. The van der Waals surface area contributed by atoms with Gasteiger partial charge in [0.1, 0.15) is 5.76 Å². The third kappa shape index (κ3) is 4.69. The Labute approximate surface area is 122 Å². The van der Waals surface area contributed by atoms with Gasteiger partial charge in [-0.2, -0.15) is 0 Å². The lowest BCUT2D eigenvalue weighted by Crippen LogP contribution is -2.26. The van der Waals surface area contributed by atoms with Crippen LogP contribution < -0.4 is 0 Å². The second kappa shape index (κ2) is 7.09. The number of carbonyl (C=O) groups excluding carboxylic acids is 1. The van der Waals surface area contributed by atoms with E-state index in [-0.39, 0.29) is 5.41 Å². The molecule has 2 heteroatoms. The summed E-state index contributed by atoms with van der Waals surface area (Å²) < 4.78 is 5.07. The van der Waals surface area contributed by atoms with Gasteiger partial charge in [0.05, 0.1) is 0 Å². The van der Waals surface area contributed by atoms with Gasteiger partial charge in [0.2, 0.25) is 0 Å². The Kier molecular flexibility index (Phi) is 5.75. The minimum atomic E-state index is -0.435. The van der Waals surface area contributed by atoms with Gasteiger partial charge >= 0.3 is 5.97 Å². The molecule has 0 aromatic rings. The van der Waals surface area contributed by atoms with Gasteiger partial charge in [-0.25, -0.2) is 4.79 Å². The highest BCUT2D eigenvalue weighted by Gasteiger charge is 2.30. The monoisotopic (exact) mass is 272 g/mol. The van der Waals surface area contributed by atoms with Crippen LogP contribution in [0.2, 0.25) is 0 Å². The molecule has 1 aliphatic rings. The molecular weight excluding hydrogens is 248 g/mol. The molecule has 2 nitrogen and oxygen atoms in total. The quantitative estimate of drug-likeness (QED) is 0.238. The number of ether oxygens (including phenoxy) is 1. The zero-order chi connectivity index (χ0) is 15.2. The fourth-order valence-electron chi connectivity index (χ4n) is 2.53. The lowest BCUT2D eigenvalue weighted by atomic mass is 9.68. The van der Waals surface area contributed by atoms with Gasteiger partial charge in [-0.15, -0.1) is 0 Å². The second-order valence-electron chi connectivity index (χ2n) is 5.79. The molecule has 0 N–H and O–H groups in total. The highest BCUT2D eigenvalue weighted by molar-refractivity contribution is 5.83. The van der Waals surface area contributed by atoms with E-state index >= 15 is 0 Å². The van der Waals surface area contributed by atoms with Gasteiger partial charge in [0, 0.05) is 12.0 Å². The molecule has 20 heavy (non-hydrogen) atoms. The maximum absolute atomic E-state index is 11.4. The third-order valence-electron chi connectivity index (χ3n) is 3.66. The van der Waals surface area contributed by atoms with Crippen LogP contribution in [0.3, 0.4) is 0 Å². The average molecular weight is 272 g/mol. The van der Waals surface area contributed by atoms with E-state index in [4.69, 9.17) is 4.74 Å². The zero-order valence-electron chi connectivity index (χ0n) is 12.7. The van der Waals surface area contributed by atoms with Crippen molar-refractivity contribution in [1.29, 1.82) is 0 Å². The fraction of sp³-hybridized carbons (Fsp3) is 0.389. The first kappa shape index (κ1) is 16.2. The molecular formula is C18H24O2. The van der Waals surface area contributed by atoms with Crippen LogP contribution in [0.25, 0.3) is 0 Å². The highest BCUT2D eigenvalue weighted by atomic mass is 16.5. The summed E-state index contributed by atoms with van der Waals surface area (Å²) in [5.41, 5.74) is 1.59. The minimum absolute atomic E-state index is 0.225. The summed E-state index contributed by atoms with van der Waals surface area (Å²) in [7, 11) is 0. The third-order valence-corrected chi connectivity index (χ3v) is 3.66. The molecule has 0 heterocycles. The van der Waals surface area contributed by atoms with Crippen LogP contribution in [-0.4, -0.2) is 5.97 Å². The second-order valence-corrected chi connectivity index (χ2v) is 5.79. The predicted molar refractivity (Wildman–Crippen MR) is 84.0 cm³/mol. The lowest BCUT2D eigenvalue weighted by molar-refractivity contribution is -0.133. The van der Waals surface area contributed by atoms with Crippen molar-refractivity contribution in [2.75, 3.05) is 0 Å². The van der Waals surface area contributed by atoms with Crippen molar-refractivity contribution in [3.8, 4) is 0 Å². The Morgan fingerprint density at radius 3 is 2.75 bits per heavy atom. The fourth-order valence-corrected chi connectivity index (χ4v) is 2.53. The molecule has 0 aromatic carbocycles. The van der Waals surface area contributed by atoms with Crippen molar-refractivity contribution in [3.63, 3.8) is 0 Å². The molecule has 0 aliphatic heterocycles. The molecule has 0 spiro atoms. The normalized spacial score (nSPS) is 21.8. The summed E-state index contributed by atoms with van der Waals surface area (Å²) in [6.45, 7) is 13.9. The molecule has 1 rings (SSSR count). The summed E-state index contributed by atoms with van der Waals surface area (Å²) in [5.74, 6) is 0.281. The largest absolute Gasteiger partial charge is 0.424 e. The standard InChI is InChI=1S/C18H24O2/c1-6-7-10-17(19)20-15(3)11-12-16-14(2)9-8-13-18(16,4)5/h6-7,9-12,16H,1,3,8,13H2,2,4-5H3/b10-7+,12-11+. The topological polar surface area (TPSA) is 26.3 Å². The molecule has 0 radical (unpaired) electrons. The van der Waals surface area contributed by atoms with Crippen LogP contribution in [0.15, 0.2) is 60.9 Å². The minimum Gasteiger partial charge on any atom is -0.424 e. The van der Waals surface area contributed by atoms with E-state index in [2.05, 4.69) is 46.1 Å². The maximum atomic E-state index is 11.4. The van der Waals surface area contributed by atoms with Crippen LogP contribution in [0.4, 0.5) is 0 Å². The Morgan fingerprint density at radius 1 is 1.45 bits per heavy atom. The first-order chi connectivity index (χ1) is 9.36. The first-order valence-electron chi connectivity index (χ1n) is 6.91.